The van der Waals surface area contributed by atoms with Gasteiger partial charge in [-0.1, -0.05) is 42.0 Å². The molecule has 1 amide bonds. The summed E-state index contributed by atoms with van der Waals surface area (Å²) >= 11 is 1.71. The van der Waals surface area contributed by atoms with E-state index < -0.39 is 0 Å². The van der Waals surface area contributed by atoms with Gasteiger partial charge in [0.25, 0.3) is 5.91 Å². The summed E-state index contributed by atoms with van der Waals surface area (Å²) in [6.45, 7) is 2.05. The van der Waals surface area contributed by atoms with Gasteiger partial charge in [-0.2, -0.15) is 0 Å². The van der Waals surface area contributed by atoms with Crippen LogP contribution in [-0.4, -0.2) is 12.2 Å². The summed E-state index contributed by atoms with van der Waals surface area (Å²) in [6, 6.07) is 24.2. The maximum absolute atomic E-state index is 13.3. The monoisotopic (exact) mass is 360 g/mol. The molecule has 0 saturated carbocycles. The van der Waals surface area contributed by atoms with Gasteiger partial charge in [-0.25, -0.2) is 0 Å². The first kappa shape index (κ1) is 16.7. The molecule has 3 aromatic carbocycles. The molecule has 1 N–H and O–H groups in total. The van der Waals surface area contributed by atoms with E-state index >= 15 is 0 Å². The van der Waals surface area contributed by atoms with Gasteiger partial charge in [0.2, 0.25) is 0 Å². The van der Waals surface area contributed by atoms with Crippen molar-refractivity contribution >= 4 is 29.0 Å². The van der Waals surface area contributed by atoms with E-state index in [4.69, 9.17) is 0 Å². The lowest BCUT2D eigenvalue weighted by molar-refractivity contribution is 0.0975. The number of anilines is 2. The second-order valence-corrected chi connectivity index (χ2v) is 7.26. The average Bonchev–Trinajstić information content (AvgIpc) is 2.69. The summed E-state index contributed by atoms with van der Waals surface area (Å²) in [5.41, 5.74) is 4.70. The van der Waals surface area contributed by atoms with E-state index in [0.717, 1.165) is 16.9 Å². The van der Waals surface area contributed by atoms with Crippen LogP contribution in [0.5, 0.6) is 0 Å². The topological polar surface area (TPSA) is 32.3 Å². The molecular formula is C22H20N2OS. The third kappa shape index (κ3) is 2.97. The molecule has 1 aliphatic rings. The number of nitrogens with one attached hydrogen (secondary N) is 1. The fourth-order valence-corrected chi connectivity index (χ4v) is 3.65. The van der Waals surface area contributed by atoms with Gasteiger partial charge < -0.3 is 5.32 Å². The maximum atomic E-state index is 13.3. The Labute approximate surface area is 158 Å². The summed E-state index contributed by atoms with van der Waals surface area (Å²) in [4.78, 5) is 16.3. The first-order chi connectivity index (χ1) is 12.7. The van der Waals surface area contributed by atoms with Crippen LogP contribution in [0, 0.1) is 6.92 Å². The number of aryl methyl sites for hydroxylation is 1. The highest BCUT2D eigenvalue weighted by atomic mass is 32.2. The standard InChI is InChI=1S/C22H20N2OS/c1-15-7-11-17(12-8-15)24-21(16-9-13-18(26-2)14-10-16)23-20-6-4-3-5-19(20)22(24)25/h3-14,21,23H,1-2H3/t21-/m1/s1. The highest BCUT2D eigenvalue weighted by Gasteiger charge is 2.33. The van der Waals surface area contributed by atoms with Gasteiger partial charge in [0.15, 0.2) is 0 Å². The SMILES string of the molecule is CSc1ccc([C@@H]2Nc3ccccc3C(=O)N2c2ccc(C)cc2)cc1. The van der Waals surface area contributed by atoms with Crippen LogP contribution in [0.4, 0.5) is 11.4 Å². The minimum Gasteiger partial charge on any atom is -0.360 e. The molecule has 4 heteroatoms. The number of carbonyl (C=O) groups excluding carboxylic acids is 1. The van der Waals surface area contributed by atoms with Crippen molar-refractivity contribution in [2.75, 3.05) is 16.5 Å². The Bertz CT molecular complexity index is 935. The van der Waals surface area contributed by atoms with Crippen molar-refractivity contribution in [3.63, 3.8) is 0 Å². The molecule has 4 rings (SSSR count). The molecule has 3 aromatic rings. The first-order valence-electron chi connectivity index (χ1n) is 8.57. The Morgan fingerprint density at radius 2 is 1.62 bits per heavy atom. The van der Waals surface area contributed by atoms with E-state index in [0.29, 0.717) is 5.56 Å². The number of hydrogen-bond donors (Lipinski definition) is 1. The lowest BCUT2D eigenvalue weighted by Crippen LogP contribution is -2.43. The Balaban J connectivity index is 1.82. The minimum absolute atomic E-state index is 0.0159. The number of amides is 1. The number of carbonyl (C=O) groups is 1. The molecular weight excluding hydrogens is 340 g/mol. The lowest BCUT2D eigenvalue weighted by atomic mass is 10.0. The van der Waals surface area contributed by atoms with Crippen LogP contribution >= 0.6 is 11.8 Å². The van der Waals surface area contributed by atoms with Gasteiger partial charge in [-0.3, -0.25) is 9.69 Å². The van der Waals surface area contributed by atoms with Crippen LogP contribution in [0.25, 0.3) is 0 Å². The molecule has 0 spiro atoms. The number of thioether (sulfide) groups is 1. The van der Waals surface area contributed by atoms with E-state index in [1.807, 2.05) is 60.4 Å². The Morgan fingerprint density at radius 1 is 0.923 bits per heavy atom. The van der Waals surface area contributed by atoms with E-state index in [2.05, 4.69) is 35.8 Å². The molecule has 1 aliphatic heterocycles. The summed E-state index contributed by atoms with van der Waals surface area (Å²) in [7, 11) is 0. The normalized spacial score (nSPS) is 16.2. The summed E-state index contributed by atoms with van der Waals surface area (Å²) in [5, 5.41) is 3.54. The highest BCUT2D eigenvalue weighted by Crippen LogP contribution is 2.37. The molecule has 1 atom stereocenters. The van der Waals surface area contributed by atoms with Crippen LogP contribution in [0.2, 0.25) is 0 Å². The predicted octanol–water partition coefficient (Wildman–Crippen LogP) is 5.49. The fourth-order valence-electron chi connectivity index (χ4n) is 3.24. The average molecular weight is 360 g/mol. The predicted molar refractivity (Wildman–Crippen MR) is 109 cm³/mol. The maximum Gasteiger partial charge on any atom is 0.262 e. The highest BCUT2D eigenvalue weighted by molar-refractivity contribution is 7.98. The molecule has 0 unspecified atom stereocenters. The van der Waals surface area contributed by atoms with E-state index in [-0.39, 0.29) is 12.1 Å². The number of fused-ring (bicyclic) bond motifs is 1. The van der Waals surface area contributed by atoms with Gasteiger partial charge in [0.1, 0.15) is 6.17 Å². The van der Waals surface area contributed by atoms with Crippen molar-refractivity contribution in [1.29, 1.82) is 0 Å². The van der Waals surface area contributed by atoms with Gasteiger partial charge in [-0.15, -0.1) is 11.8 Å². The number of hydrogen-bond acceptors (Lipinski definition) is 3. The van der Waals surface area contributed by atoms with Crippen LogP contribution in [0.1, 0.15) is 27.7 Å². The van der Waals surface area contributed by atoms with Crippen LogP contribution in [0.3, 0.4) is 0 Å². The van der Waals surface area contributed by atoms with Crippen molar-refractivity contribution in [3.8, 4) is 0 Å². The van der Waals surface area contributed by atoms with Crippen LogP contribution in [0.15, 0.2) is 77.7 Å². The molecule has 130 valence electrons. The van der Waals surface area contributed by atoms with Crippen molar-refractivity contribution in [2.45, 2.75) is 18.0 Å². The second kappa shape index (κ2) is 6.89. The summed E-state index contributed by atoms with van der Waals surface area (Å²) in [6.07, 6.45) is 1.82. The van der Waals surface area contributed by atoms with E-state index in [9.17, 15) is 4.79 Å². The largest absolute Gasteiger partial charge is 0.360 e. The van der Waals surface area contributed by atoms with Crippen molar-refractivity contribution < 1.29 is 4.79 Å². The quantitative estimate of drug-likeness (QED) is 0.627. The summed E-state index contributed by atoms with van der Waals surface area (Å²) in [5.74, 6) is 0.0159. The van der Waals surface area contributed by atoms with Crippen LogP contribution in [-0.2, 0) is 0 Å². The molecule has 0 radical (unpaired) electrons. The van der Waals surface area contributed by atoms with Gasteiger partial charge in [0.05, 0.1) is 5.56 Å². The second-order valence-electron chi connectivity index (χ2n) is 6.38. The smallest absolute Gasteiger partial charge is 0.262 e. The molecule has 26 heavy (non-hydrogen) atoms. The van der Waals surface area contributed by atoms with Gasteiger partial charge in [-0.05, 0) is 55.1 Å². The lowest BCUT2D eigenvalue weighted by Gasteiger charge is -2.38. The molecule has 1 heterocycles. The number of benzene rings is 3. The van der Waals surface area contributed by atoms with E-state index in [1.54, 1.807) is 11.8 Å². The zero-order chi connectivity index (χ0) is 18.1. The van der Waals surface area contributed by atoms with Gasteiger partial charge >= 0.3 is 0 Å². The summed E-state index contributed by atoms with van der Waals surface area (Å²) < 4.78 is 0. The number of nitrogens with zero attached hydrogens (tertiary/aromatic N) is 1. The molecule has 0 bridgehead atoms. The Morgan fingerprint density at radius 3 is 2.31 bits per heavy atom. The zero-order valence-corrected chi connectivity index (χ0v) is 15.6. The number of rotatable bonds is 3. The first-order valence-corrected chi connectivity index (χ1v) is 9.79. The third-order valence-electron chi connectivity index (χ3n) is 4.67. The third-order valence-corrected chi connectivity index (χ3v) is 5.41. The number of para-hydroxylation sites is 1. The van der Waals surface area contributed by atoms with Crippen molar-refractivity contribution in [1.82, 2.24) is 0 Å². The molecule has 3 nitrogen and oxygen atoms in total. The Kier molecular flexibility index (Phi) is 4.43. The minimum atomic E-state index is -0.240. The zero-order valence-electron chi connectivity index (χ0n) is 14.8. The van der Waals surface area contributed by atoms with Crippen molar-refractivity contribution in [2.24, 2.45) is 0 Å². The Hall–Kier alpha value is -2.72. The van der Waals surface area contributed by atoms with Crippen molar-refractivity contribution in [3.05, 3.63) is 89.5 Å². The van der Waals surface area contributed by atoms with E-state index in [1.165, 1.54) is 10.5 Å². The molecule has 0 aromatic heterocycles. The molecule has 0 saturated heterocycles. The molecule has 0 fully saturated rings. The fraction of sp³-hybridized carbons (Fsp3) is 0.136. The van der Waals surface area contributed by atoms with Gasteiger partial charge in [0, 0.05) is 16.3 Å². The molecule has 0 aliphatic carbocycles. The van der Waals surface area contributed by atoms with Crippen LogP contribution < -0.4 is 10.2 Å².